The molecular formula is C18H26N2O6. The zero-order valence-corrected chi connectivity index (χ0v) is 15.8. The molecule has 0 saturated heterocycles. The van der Waals surface area contributed by atoms with E-state index in [2.05, 4.69) is 4.98 Å². The molecule has 144 valence electrons. The van der Waals surface area contributed by atoms with E-state index in [4.69, 9.17) is 9.47 Å². The van der Waals surface area contributed by atoms with E-state index in [1.807, 2.05) is 6.92 Å². The third kappa shape index (κ3) is 4.17. The second kappa shape index (κ2) is 7.39. The number of nitrogens with one attached hydrogen (secondary N) is 1. The maximum absolute atomic E-state index is 12.4. The molecule has 1 amide bonds. The van der Waals surface area contributed by atoms with Crippen molar-refractivity contribution in [2.24, 2.45) is 0 Å². The summed E-state index contributed by atoms with van der Waals surface area (Å²) in [6, 6.07) is 0. The van der Waals surface area contributed by atoms with Crippen molar-refractivity contribution >= 4 is 12.1 Å². The summed E-state index contributed by atoms with van der Waals surface area (Å²) in [6.45, 7) is 9.54. The predicted octanol–water partition coefficient (Wildman–Crippen LogP) is 2.15. The van der Waals surface area contributed by atoms with Crippen LogP contribution in [-0.4, -0.2) is 52.4 Å². The van der Waals surface area contributed by atoms with Gasteiger partial charge in [-0.2, -0.15) is 0 Å². The Morgan fingerprint density at radius 1 is 1.35 bits per heavy atom. The molecule has 0 spiro atoms. The molecular weight excluding hydrogens is 340 g/mol. The molecule has 2 N–H and O–H groups in total. The molecule has 26 heavy (non-hydrogen) atoms. The highest BCUT2D eigenvalue weighted by molar-refractivity contribution is 5.92. The number of nitrogens with zero attached hydrogens (tertiary/aromatic N) is 1. The molecule has 1 aliphatic heterocycles. The number of aromatic nitrogens is 1. The van der Waals surface area contributed by atoms with E-state index in [0.29, 0.717) is 24.3 Å². The quantitative estimate of drug-likeness (QED) is 0.776. The Morgan fingerprint density at radius 2 is 2.00 bits per heavy atom. The fraction of sp³-hybridized carbons (Fsp3) is 0.611. The van der Waals surface area contributed by atoms with E-state index in [9.17, 15) is 19.5 Å². The predicted molar refractivity (Wildman–Crippen MR) is 94.6 cm³/mol. The first kappa shape index (κ1) is 19.8. The Hall–Kier alpha value is -2.51. The third-order valence-corrected chi connectivity index (χ3v) is 4.07. The van der Waals surface area contributed by atoms with Crippen LogP contribution in [0.5, 0.6) is 5.75 Å². The molecule has 0 bridgehead atoms. The minimum absolute atomic E-state index is 0.0949. The van der Waals surface area contributed by atoms with Gasteiger partial charge >= 0.3 is 12.1 Å². The average molecular weight is 366 g/mol. The van der Waals surface area contributed by atoms with Crippen LogP contribution in [0.4, 0.5) is 4.79 Å². The lowest BCUT2D eigenvalue weighted by atomic mass is 9.98. The minimum atomic E-state index is -0.866. The van der Waals surface area contributed by atoms with Crippen molar-refractivity contribution in [2.45, 2.75) is 52.6 Å². The van der Waals surface area contributed by atoms with Gasteiger partial charge in [0, 0.05) is 30.3 Å². The first-order valence-electron chi connectivity index (χ1n) is 8.68. The number of fused-ring (bicyclic) bond motifs is 1. The molecule has 0 aliphatic carbocycles. The number of pyridine rings is 1. The van der Waals surface area contributed by atoms with Crippen LogP contribution in [0.15, 0.2) is 4.79 Å². The molecule has 1 aliphatic rings. The normalized spacial score (nSPS) is 17.3. The van der Waals surface area contributed by atoms with Crippen LogP contribution >= 0.6 is 0 Å². The van der Waals surface area contributed by atoms with Crippen LogP contribution in [-0.2, 0) is 15.9 Å². The maximum Gasteiger partial charge on any atom is 0.410 e. The number of carbonyl (C=O) groups excluding carboxylic acids is 2. The SMILES string of the molecule is CCOC(=O)c1c(O)c2c([nH]c1=O)C(C)CN(C(=O)OC(C)(C)C)CC2. The zero-order chi connectivity index (χ0) is 19.6. The van der Waals surface area contributed by atoms with E-state index >= 15 is 0 Å². The molecule has 1 aromatic heterocycles. The number of H-pyrrole nitrogens is 1. The largest absolute Gasteiger partial charge is 0.506 e. The second-order valence-corrected chi connectivity index (χ2v) is 7.37. The molecule has 8 nitrogen and oxygen atoms in total. The lowest BCUT2D eigenvalue weighted by Crippen LogP contribution is -2.38. The van der Waals surface area contributed by atoms with Crippen molar-refractivity contribution < 1.29 is 24.2 Å². The van der Waals surface area contributed by atoms with Gasteiger partial charge in [0.1, 0.15) is 11.4 Å². The fourth-order valence-electron chi connectivity index (χ4n) is 2.96. The van der Waals surface area contributed by atoms with E-state index in [0.717, 1.165) is 0 Å². The Labute approximate surface area is 152 Å². The van der Waals surface area contributed by atoms with Gasteiger partial charge in [0.25, 0.3) is 5.56 Å². The Kier molecular flexibility index (Phi) is 5.63. The monoisotopic (exact) mass is 366 g/mol. The summed E-state index contributed by atoms with van der Waals surface area (Å²) < 4.78 is 10.3. The Bertz CT molecular complexity index is 762. The van der Waals surface area contributed by atoms with Crippen LogP contribution in [0.2, 0.25) is 0 Å². The van der Waals surface area contributed by atoms with Gasteiger partial charge < -0.3 is 24.5 Å². The van der Waals surface area contributed by atoms with Crippen LogP contribution < -0.4 is 5.56 Å². The summed E-state index contributed by atoms with van der Waals surface area (Å²) in [5, 5.41) is 10.5. The minimum Gasteiger partial charge on any atom is -0.506 e. The fourth-order valence-corrected chi connectivity index (χ4v) is 2.96. The first-order chi connectivity index (χ1) is 12.0. The standard InChI is InChI=1S/C18H26N2O6/c1-6-25-16(23)12-14(21)11-7-8-20(17(24)26-18(3,4)5)9-10(2)13(11)19-15(12)22/h10H,6-9H2,1-5H3,(H2,19,21,22). The van der Waals surface area contributed by atoms with Crippen molar-refractivity contribution in [3.63, 3.8) is 0 Å². The molecule has 2 rings (SSSR count). The number of amides is 1. The Morgan fingerprint density at radius 3 is 2.58 bits per heavy atom. The van der Waals surface area contributed by atoms with E-state index < -0.39 is 28.8 Å². The van der Waals surface area contributed by atoms with E-state index in [1.165, 1.54) is 4.90 Å². The molecule has 1 atom stereocenters. The number of carbonyl (C=O) groups is 2. The summed E-state index contributed by atoms with van der Waals surface area (Å²) in [5.41, 5.74) is -0.744. The van der Waals surface area contributed by atoms with Crippen LogP contribution in [0.3, 0.4) is 0 Å². The molecule has 2 heterocycles. The molecule has 0 saturated carbocycles. The van der Waals surface area contributed by atoms with Crippen molar-refractivity contribution in [2.75, 3.05) is 19.7 Å². The first-order valence-corrected chi connectivity index (χ1v) is 8.68. The van der Waals surface area contributed by atoms with Crippen molar-refractivity contribution in [1.82, 2.24) is 9.88 Å². The average Bonchev–Trinajstić information content (AvgIpc) is 2.66. The molecule has 8 heteroatoms. The van der Waals surface area contributed by atoms with Crippen molar-refractivity contribution in [3.05, 3.63) is 27.2 Å². The Balaban J connectivity index is 2.36. The lowest BCUT2D eigenvalue weighted by molar-refractivity contribution is 0.0247. The summed E-state index contributed by atoms with van der Waals surface area (Å²) in [4.78, 5) is 40.8. The van der Waals surface area contributed by atoms with Crippen molar-refractivity contribution in [1.29, 1.82) is 0 Å². The zero-order valence-electron chi connectivity index (χ0n) is 15.8. The number of ether oxygens (including phenoxy) is 2. The highest BCUT2D eigenvalue weighted by Gasteiger charge is 2.31. The van der Waals surface area contributed by atoms with Gasteiger partial charge in [0.05, 0.1) is 6.61 Å². The van der Waals surface area contributed by atoms with Gasteiger partial charge in [-0.25, -0.2) is 9.59 Å². The van der Waals surface area contributed by atoms with E-state index in [-0.39, 0.29) is 24.7 Å². The topological polar surface area (TPSA) is 109 Å². The van der Waals surface area contributed by atoms with Crippen LogP contribution in [0.25, 0.3) is 0 Å². The number of rotatable bonds is 2. The molecule has 0 aromatic carbocycles. The van der Waals surface area contributed by atoms with Crippen molar-refractivity contribution in [3.8, 4) is 5.75 Å². The summed E-state index contributed by atoms with van der Waals surface area (Å²) in [5.74, 6) is -1.48. The summed E-state index contributed by atoms with van der Waals surface area (Å²) in [7, 11) is 0. The number of hydrogen-bond donors (Lipinski definition) is 2. The van der Waals surface area contributed by atoms with Gasteiger partial charge in [0.15, 0.2) is 5.56 Å². The number of hydrogen-bond acceptors (Lipinski definition) is 6. The maximum atomic E-state index is 12.4. The van der Waals surface area contributed by atoms with Gasteiger partial charge in [-0.05, 0) is 34.1 Å². The van der Waals surface area contributed by atoms with Gasteiger partial charge in [-0.3, -0.25) is 4.79 Å². The van der Waals surface area contributed by atoms with Gasteiger partial charge in [0.2, 0.25) is 0 Å². The third-order valence-electron chi connectivity index (χ3n) is 4.07. The smallest absolute Gasteiger partial charge is 0.410 e. The molecule has 1 aromatic rings. The van der Waals surface area contributed by atoms with Gasteiger partial charge in [-0.1, -0.05) is 6.92 Å². The summed E-state index contributed by atoms with van der Waals surface area (Å²) in [6.07, 6.45) is -0.168. The molecule has 1 unspecified atom stereocenters. The number of aromatic hydroxyl groups is 1. The second-order valence-electron chi connectivity index (χ2n) is 7.37. The molecule has 0 radical (unpaired) electrons. The highest BCUT2D eigenvalue weighted by atomic mass is 16.6. The lowest BCUT2D eigenvalue weighted by Gasteiger charge is -2.27. The summed E-state index contributed by atoms with van der Waals surface area (Å²) >= 11 is 0. The van der Waals surface area contributed by atoms with E-state index in [1.54, 1.807) is 27.7 Å². The highest BCUT2D eigenvalue weighted by Crippen LogP contribution is 2.31. The van der Waals surface area contributed by atoms with Gasteiger partial charge in [-0.15, -0.1) is 0 Å². The number of esters is 1. The van der Waals surface area contributed by atoms with Crippen LogP contribution in [0.1, 0.15) is 62.2 Å². The molecule has 0 fully saturated rings. The number of aromatic amines is 1. The van der Waals surface area contributed by atoms with Crippen LogP contribution in [0, 0.1) is 0 Å².